The van der Waals surface area contributed by atoms with Crippen molar-refractivity contribution in [3.05, 3.63) is 33.1 Å². The van der Waals surface area contributed by atoms with Gasteiger partial charge in [0.1, 0.15) is 18.3 Å². The number of hydrogen-bond acceptors (Lipinski definition) is 11. The number of ether oxygens (including phenoxy) is 1. The second-order valence-electron chi connectivity index (χ2n) is 5.45. The van der Waals surface area contributed by atoms with Gasteiger partial charge in [0, 0.05) is 12.3 Å². The minimum absolute atomic E-state index is 0.708. The van der Waals surface area contributed by atoms with Gasteiger partial charge in [-0.05, 0) is 0 Å². The van der Waals surface area contributed by atoms with E-state index < -0.39 is 65.9 Å². The van der Waals surface area contributed by atoms with Crippen molar-refractivity contribution in [1.29, 1.82) is 0 Å². The molecular formula is C9H15N2O15P3. The number of hydrogen-bond donors (Lipinski definition) is 7. The Bertz CT molecular complexity index is 997. The second-order valence-corrected chi connectivity index (χ2v) is 9.87. The summed E-state index contributed by atoms with van der Waals surface area (Å²) in [6.07, 6.45) is -5.70. The Morgan fingerprint density at radius 2 is 1.66 bits per heavy atom. The largest absolute Gasteiger partial charge is 0.490 e. The zero-order valence-electron chi connectivity index (χ0n) is 13.8. The molecule has 0 amide bonds. The molecule has 0 aliphatic carbocycles. The van der Waals surface area contributed by atoms with Gasteiger partial charge in [0.2, 0.25) is 0 Å². The number of aromatic amines is 1. The van der Waals surface area contributed by atoms with Gasteiger partial charge in [0.15, 0.2) is 6.23 Å². The Hall–Kier alpha value is -1.03. The third-order valence-corrected chi connectivity index (χ3v) is 7.08. The van der Waals surface area contributed by atoms with Crippen LogP contribution in [0.15, 0.2) is 21.9 Å². The molecule has 2 rings (SSSR count). The van der Waals surface area contributed by atoms with E-state index in [1.54, 1.807) is 0 Å². The van der Waals surface area contributed by atoms with Crippen LogP contribution in [0.5, 0.6) is 0 Å². The molecule has 29 heavy (non-hydrogen) atoms. The van der Waals surface area contributed by atoms with Crippen LogP contribution < -0.4 is 11.2 Å². The smallest absolute Gasteiger partial charge is 0.387 e. The van der Waals surface area contributed by atoms with Gasteiger partial charge in [-0.2, -0.15) is 8.62 Å². The number of aromatic nitrogens is 2. The Kier molecular flexibility index (Phi) is 7.20. The van der Waals surface area contributed by atoms with Gasteiger partial charge in [0.05, 0.1) is 6.61 Å². The highest BCUT2D eigenvalue weighted by molar-refractivity contribution is 7.66. The molecule has 17 nitrogen and oxygen atoms in total. The minimum Gasteiger partial charge on any atom is -0.387 e. The van der Waals surface area contributed by atoms with Crippen LogP contribution in [0, 0.1) is 0 Å². The monoisotopic (exact) mass is 486 g/mol. The lowest BCUT2D eigenvalue weighted by Crippen LogP contribution is -2.37. The lowest BCUT2D eigenvalue weighted by atomic mass is 10.1. The quantitative estimate of drug-likeness (QED) is 0.187. The Morgan fingerprint density at radius 3 is 2.21 bits per heavy atom. The van der Waals surface area contributed by atoms with Crippen LogP contribution in [0.3, 0.4) is 0 Å². The van der Waals surface area contributed by atoms with E-state index in [1.807, 2.05) is 4.98 Å². The summed E-state index contributed by atoms with van der Waals surface area (Å²) in [4.78, 5) is 59.9. The van der Waals surface area contributed by atoms with E-state index in [-0.39, 0.29) is 0 Å². The predicted octanol–water partition coefficient (Wildman–Crippen LogP) is -2.50. The standard InChI is InChI=1S/C9H15N2O15P3/c12-5-1-2-11(9(15)10-5)8-7(14)6(13)4(24-8)3-23-28(19,20)26-29(21,22)25-27(16,17)18/h1-2,4,6-8,13-14H,3H2,(H,19,20)(H,21,22)(H,10,12,15)(H2,16,17,18)/t4-,6+,7?,8-/m1/s1/i10+1,11+1. The fourth-order valence-electron chi connectivity index (χ4n) is 2.20. The summed E-state index contributed by atoms with van der Waals surface area (Å²) >= 11 is 0. The lowest BCUT2D eigenvalue weighted by Gasteiger charge is -2.19. The molecule has 0 bridgehead atoms. The van der Waals surface area contributed by atoms with Crippen LogP contribution in [-0.4, -0.2) is 64.3 Å². The molecule has 1 aliphatic heterocycles. The van der Waals surface area contributed by atoms with Crippen molar-refractivity contribution in [2.45, 2.75) is 24.5 Å². The maximum atomic E-state index is 11.7. The molecule has 2 heterocycles. The van der Waals surface area contributed by atoms with Crippen molar-refractivity contribution in [3.8, 4) is 0 Å². The first-order valence-electron chi connectivity index (χ1n) is 7.22. The minimum atomic E-state index is -5.73. The second kappa shape index (κ2) is 8.61. The Morgan fingerprint density at radius 1 is 1.03 bits per heavy atom. The highest BCUT2D eigenvalue weighted by Gasteiger charge is 2.46. The summed E-state index contributed by atoms with van der Waals surface area (Å²) in [6.45, 7) is -1.05. The SMILES string of the molecule is O=c1cc[15n]([C@@H]2O[C@H](COP(=O)(O)OP(=O)(O)OP(=O)(O)O)[C@H](O)C2O)c(=O)[15nH]1. The van der Waals surface area contributed by atoms with E-state index in [0.717, 1.165) is 12.3 Å². The number of aliphatic hydroxyl groups excluding tert-OH is 2. The molecule has 166 valence electrons. The molecule has 1 fully saturated rings. The zero-order chi connectivity index (χ0) is 22.2. The average Bonchev–Trinajstić information content (AvgIpc) is 2.78. The molecule has 0 radical (unpaired) electrons. The number of aliphatic hydroxyl groups is 2. The van der Waals surface area contributed by atoms with Crippen LogP contribution in [-0.2, 0) is 31.6 Å². The molecule has 0 spiro atoms. The first-order valence-corrected chi connectivity index (χ1v) is 11.7. The Balaban J connectivity index is 2.06. The summed E-state index contributed by atoms with van der Waals surface area (Å²) in [5, 5.41) is 19.9. The summed E-state index contributed by atoms with van der Waals surface area (Å²) in [6, 6.07) is 0.920. The van der Waals surface area contributed by atoms with Crippen molar-refractivity contribution < 1.29 is 61.4 Å². The molecule has 20 heteroatoms. The van der Waals surface area contributed by atoms with Crippen LogP contribution in [0.25, 0.3) is 0 Å². The number of rotatable bonds is 8. The summed E-state index contributed by atoms with van der Waals surface area (Å²) in [7, 11) is -16.8. The molecule has 0 saturated carbocycles. The molecule has 6 atom stereocenters. The van der Waals surface area contributed by atoms with E-state index >= 15 is 0 Å². The van der Waals surface area contributed by atoms with E-state index in [9.17, 15) is 38.4 Å². The van der Waals surface area contributed by atoms with Crippen LogP contribution in [0.4, 0.5) is 0 Å². The maximum Gasteiger partial charge on any atom is 0.490 e. The van der Waals surface area contributed by atoms with Gasteiger partial charge >= 0.3 is 29.2 Å². The molecule has 1 aliphatic rings. The van der Waals surface area contributed by atoms with Crippen molar-refractivity contribution in [1.82, 2.24) is 9.55 Å². The van der Waals surface area contributed by atoms with Crippen LogP contribution in [0.2, 0.25) is 0 Å². The topological polar surface area (TPSA) is 264 Å². The Labute approximate surface area is 159 Å². The third kappa shape index (κ3) is 6.73. The predicted molar refractivity (Wildman–Crippen MR) is 87.1 cm³/mol. The lowest BCUT2D eigenvalue weighted by molar-refractivity contribution is -0.0542. The number of phosphoric ester groups is 1. The first-order chi connectivity index (χ1) is 13.1. The maximum absolute atomic E-state index is 11.7. The normalized spacial score (nSPS) is 29.3. The van der Waals surface area contributed by atoms with E-state index in [2.05, 4.69) is 13.1 Å². The van der Waals surface area contributed by atoms with Gasteiger partial charge < -0.3 is 34.5 Å². The van der Waals surface area contributed by atoms with Gasteiger partial charge in [-0.3, -0.25) is 18.9 Å². The van der Waals surface area contributed by atoms with Gasteiger partial charge in [0.25, 0.3) is 5.56 Å². The molecule has 0 aromatic carbocycles. The third-order valence-electron chi connectivity index (χ3n) is 3.28. The molecule has 1 saturated heterocycles. The molecule has 3 unspecified atom stereocenters. The fraction of sp³-hybridized carbons (Fsp3) is 0.556. The number of nitrogens with zero attached hydrogens (tertiary/aromatic N) is 1. The number of nitrogens with one attached hydrogen (secondary N) is 1. The number of H-pyrrole nitrogens is 1. The van der Waals surface area contributed by atoms with Gasteiger partial charge in [-0.1, -0.05) is 0 Å². The molecule has 1 aromatic rings. The summed E-state index contributed by atoms with van der Waals surface area (Å²) < 4.78 is 50.6. The van der Waals surface area contributed by atoms with Crippen molar-refractivity contribution in [3.63, 3.8) is 0 Å². The summed E-state index contributed by atoms with van der Waals surface area (Å²) in [5.74, 6) is 0. The van der Waals surface area contributed by atoms with Gasteiger partial charge in [-0.15, -0.1) is 0 Å². The fourth-order valence-corrected chi connectivity index (χ4v) is 5.23. The van der Waals surface area contributed by atoms with E-state index in [1.165, 1.54) is 0 Å². The zero-order valence-corrected chi connectivity index (χ0v) is 16.5. The molecular weight excluding hydrogens is 471 g/mol. The summed E-state index contributed by atoms with van der Waals surface area (Å²) in [5.41, 5.74) is -1.74. The highest BCUT2D eigenvalue weighted by atomic mass is 31.3. The molecule has 7 N–H and O–H groups in total. The first kappa shape index (κ1) is 24.2. The van der Waals surface area contributed by atoms with Crippen molar-refractivity contribution >= 4 is 23.5 Å². The van der Waals surface area contributed by atoms with E-state index in [4.69, 9.17) is 19.4 Å². The van der Waals surface area contributed by atoms with Crippen molar-refractivity contribution in [2.24, 2.45) is 0 Å². The van der Waals surface area contributed by atoms with Crippen molar-refractivity contribution in [2.75, 3.05) is 6.61 Å². The van der Waals surface area contributed by atoms with Crippen LogP contribution in [0.1, 0.15) is 6.23 Å². The molecule has 1 aromatic heterocycles. The highest BCUT2D eigenvalue weighted by Crippen LogP contribution is 2.66. The van der Waals surface area contributed by atoms with Gasteiger partial charge in [-0.25, -0.2) is 18.5 Å². The average molecular weight is 486 g/mol. The van der Waals surface area contributed by atoms with Crippen LogP contribution >= 0.6 is 23.5 Å². The van der Waals surface area contributed by atoms with E-state index in [0.29, 0.717) is 4.57 Å². The number of phosphoric acid groups is 3.